The van der Waals surface area contributed by atoms with Crippen molar-refractivity contribution in [3.05, 3.63) is 34.7 Å². The smallest absolute Gasteiger partial charge is 0.359 e. The first kappa shape index (κ1) is 21.4. The molecule has 1 N–H and O–H groups in total. The van der Waals surface area contributed by atoms with Gasteiger partial charge >= 0.3 is 6.18 Å². The molecule has 1 saturated heterocycles. The molecule has 6 nitrogen and oxygen atoms in total. The molecule has 0 bridgehead atoms. The van der Waals surface area contributed by atoms with E-state index in [1.165, 1.54) is 0 Å². The summed E-state index contributed by atoms with van der Waals surface area (Å²) in [7, 11) is 0. The quantitative estimate of drug-likeness (QED) is 0.750. The number of nitrogens with zero attached hydrogens (tertiary/aromatic N) is 3. The Kier molecular flexibility index (Phi) is 5.80. The Morgan fingerprint density at radius 1 is 1.24 bits per heavy atom. The number of hydrogen-bond donors (Lipinski definition) is 1. The third kappa shape index (κ3) is 5.01. The molecule has 1 aliphatic rings. The van der Waals surface area contributed by atoms with E-state index >= 15 is 0 Å². The average molecular weight is 431 g/mol. The summed E-state index contributed by atoms with van der Waals surface area (Å²) in [6, 6.07) is 2.58. The molecule has 3 heterocycles. The minimum absolute atomic E-state index is 0.0555. The van der Waals surface area contributed by atoms with Crippen molar-refractivity contribution in [2.45, 2.75) is 45.2 Å². The fourth-order valence-electron chi connectivity index (χ4n) is 3.09. The number of amides is 1. The van der Waals surface area contributed by atoms with Crippen LogP contribution in [0, 0.1) is 5.92 Å². The van der Waals surface area contributed by atoms with Crippen molar-refractivity contribution in [3.63, 3.8) is 0 Å². The molecule has 2 aromatic heterocycles. The van der Waals surface area contributed by atoms with Crippen molar-refractivity contribution in [1.29, 1.82) is 0 Å². The van der Waals surface area contributed by atoms with E-state index in [4.69, 9.17) is 16.1 Å². The van der Waals surface area contributed by atoms with Gasteiger partial charge in [0.05, 0.1) is 10.6 Å². The maximum absolute atomic E-state index is 12.8. The second-order valence-corrected chi connectivity index (χ2v) is 8.51. The largest absolute Gasteiger partial charge is 0.417 e. The number of alkyl halides is 3. The first-order valence-electron chi connectivity index (χ1n) is 9.21. The molecule has 0 atom stereocenters. The molecule has 29 heavy (non-hydrogen) atoms. The SMILES string of the molecule is CC(C)(C)c1cc(NC(=O)C2CCN(c3ncc(C(F)(F)F)cc3Cl)CC2)no1. The van der Waals surface area contributed by atoms with Crippen molar-refractivity contribution < 1.29 is 22.5 Å². The van der Waals surface area contributed by atoms with Crippen LogP contribution >= 0.6 is 11.6 Å². The van der Waals surface area contributed by atoms with Gasteiger partial charge in [-0.3, -0.25) is 4.79 Å². The minimum atomic E-state index is -4.49. The lowest BCUT2D eigenvalue weighted by atomic mass is 9.93. The maximum Gasteiger partial charge on any atom is 0.417 e. The van der Waals surface area contributed by atoms with Gasteiger partial charge < -0.3 is 14.7 Å². The van der Waals surface area contributed by atoms with Crippen molar-refractivity contribution >= 4 is 29.1 Å². The summed E-state index contributed by atoms with van der Waals surface area (Å²) in [4.78, 5) is 18.2. The maximum atomic E-state index is 12.8. The first-order valence-corrected chi connectivity index (χ1v) is 9.58. The normalized spacial score (nSPS) is 16.2. The Morgan fingerprint density at radius 2 is 1.90 bits per heavy atom. The highest BCUT2D eigenvalue weighted by Crippen LogP contribution is 2.35. The van der Waals surface area contributed by atoms with Crippen LogP contribution in [0.25, 0.3) is 0 Å². The highest BCUT2D eigenvalue weighted by Gasteiger charge is 2.33. The highest BCUT2D eigenvalue weighted by atomic mass is 35.5. The average Bonchev–Trinajstić information content (AvgIpc) is 3.10. The van der Waals surface area contributed by atoms with E-state index in [0.29, 0.717) is 43.3 Å². The van der Waals surface area contributed by atoms with E-state index in [1.807, 2.05) is 20.8 Å². The van der Waals surface area contributed by atoms with Crippen LogP contribution in [0.4, 0.5) is 24.8 Å². The van der Waals surface area contributed by atoms with Crippen LogP contribution in [0.3, 0.4) is 0 Å². The van der Waals surface area contributed by atoms with Crippen LogP contribution in [0.15, 0.2) is 22.9 Å². The Morgan fingerprint density at radius 3 is 2.41 bits per heavy atom. The summed E-state index contributed by atoms with van der Waals surface area (Å²) in [6.45, 7) is 6.87. The molecule has 0 aromatic carbocycles. The molecule has 1 amide bonds. The third-order valence-corrected chi connectivity index (χ3v) is 5.09. The Bertz CT molecular complexity index is 884. The molecule has 10 heteroatoms. The molecule has 0 saturated carbocycles. The number of carbonyl (C=O) groups excluding carboxylic acids is 1. The van der Waals surface area contributed by atoms with Crippen molar-refractivity contribution in [1.82, 2.24) is 10.1 Å². The fourth-order valence-corrected chi connectivity index (χ4v) is 3.37. The van der Waals surface area contributed by atoms with Crippen LogP contribution in [0.2, 0.25) is 5.02 Å². The lowest BCUT2D eigenvalue weighted by Crippen LogP contribution is -2.38. The van der Waals surface area contributed by atoms with Gasteiger partial charge in [0.15, 0.2) is 5.82 Å². The molecule has 158 valence electrons. The molecule has 0 aliphatic carbocycles. The monoisotopic (exact) mass is 430 g/mol. The molecule has 0 spiro atoms. The van der Waals surface area contributed by atoms with Gasteiger partial charge in [0, 0.05) is 36.7 Å². The van der Waals surface area contributed by atoms with Crippen molar-refractivity contribution in [2.24, 2.45) is 5.92 Å². The first-order chi connectivity index (χ1) is 13.4. The Labute approximate surface area is 171 Å². The van der Waals surface area contributed by atoms with E-state index < -0.39 is 11.7 Å². The van der Waals surface area contributed by atoms with Gasteiger partial charge in [-0.2, -0.15) is 13.2 Å². The number of nitrogens with one attached hydrogen (secondary N) is 1. The van der Waals surface area contributed by atoms with Gasteiger partial charge in [-0.25, -0.2) is 4.98 Å². The van der Waals surface area contributed by atoms with Crippen LogP contribution in [-0.2, 0) is 16.4 Å². The van der Waals surface area contributed by atoms with E-state index in [-0.39, 0.29) is 22.3 Å². The summed E-state index contributed by atoms with van der Waals surface area (Å²) in [5, 5.41) is 6.59. The van der Waals surface area contributed by atoms with E-state index in [0.717, 1.165) is 12.3 Å². The molecular weight excluding hydrogens is 409 g/mol. The predicted octanol–water partition coefficient (Wildman–Crippen LogP) is 4.89. The number of anilines is 2. The molecule has 1 aliphatic heterocycles. The van der Waals surface area contributed by atoms with Gasteiger partial charge in [0.2, 0.25) is 5.91 Å². The molecule has 0 radical (unpaired) electrons. The highest BCUT2D eigenvalue weighted by molar-refractivity contribution is 6.33. The second-order valence-electron chi connectivity index (χ2n) is 8.10. The van der Waals surface area contributed by atoms with Gasteiger partial charge in [0.25, 0.3) is 0 Å². The summed E-state index contributed by atoms with van der Waals surface area (Å²) in [5.41, 5.74) is -1.10. The minimum Gasteiger partial charge on any atom is -0.359 e. The van der Waals surface area contributed by atoms with Crippen LogP contribution < -0.4 is 10.2 Å². The van der Waals surface area contributed by atoms with Gasteiger partial charge in [0.1, 0.15) is 11.6 Å². The third-order valence-electron chi connectivity index (χ3n) is 4.81. The van der Waals surface area contributed by atoms with Crippen LogP contribution in [0.1, 0.15) is 44.9 Å². The zero-order valence-corrected chi connectivity index (χ0v) is 17.1. The number of piperidine rings is 1. The predicted molar refractivity (Wildman–Crippen MR) is 103 cm³/mol. The van der Waals surface area contributed by atoms with Crippen LogP contribution in [-0.4, -0.2) is 29.1 Å². The van der Waals surface area contributed by atoms with Crippen molar-refractivity contribution in [2.75, 3.05) is 23.3 Å². The number of hydrogen-bond acceptors (Lipinski definition) is 5. The van der Waals surface area contributed by atoms with Gasteiger partial charge in [-0.1, -0.05) is 37.5 Å². The summed E-state index contributed by atoms with van der Waals surface area (Å²) >= 11 is 6.01. The fraction of sp³-hybridized carbons (Fsp3) is 0.526. The van der Waals surface area contributed by atoms with Crippen molar-refractivity contribution in [3.8, 4) is 0 Å². The molecular formula is C19H22ClF3N4O2. The van der Waals surface area contributed by atoms with E-state index in [1.54, 1.807) is 11.0 Å². The molecule has 1 fully saturated rings. The molecule has 3 rings (SSSR count). The zero-order valence-electron chi connectivity index (χ0n) is 16.3. The van der Waals surface area contributed by atoms with Crippen LogP contribution in [0.5, 0.6) is 0 Å². The second kappa shape index (κ2) is 7.85. The van der Waals surface area contributed by atoms with E-state index in [9.17, 15) is 18.0 Å². The Hall–Kier alpha value is -2.29. The lowest BCUT2D eigenvalue weighted by molar-refractivity contribution is -0.137. The summed E-state index contributed by atoms with van der Waals surface area (Å²) in [5.74, 6) is 0.935. The number of aromatic nitrogens is 2. The molecule has 2 aromatic rings. The summed E-state index contributed by atoms with van der Waals surface area (Å²) < 4.78 is 43.5. The number of carbonyl (C=O) groups is 1. The Balaban J connectivity index is 1.59. The zero-order chi connectivity index (χ0) is 21.4. The number of halogens is 4. The van der Waals surface area contributed by atoms with E-state index in [2.05, 4.69) is 15.5 Å². The lowest BCUT2D eigenvalue weighted by Gasteiger charge is -2.32. The molecule has 0 unspecified atom stereocenters. The number of rotatable bonds is 3. The van der Waals surface area contributed by atoms with Gasteiger partial charge in [-0.15, -0.1) is 0 Å². The number of pyridine rings is 1. The standard InChI is InChI=1S/C19H22ClF3N4O2/c1-18(2,3)14-9-15(26-29-14)25-17(28)11-4-6-27(7-5-11)16-13(20)8-12(10-24-16)19(21,22)23/h8-11H,4-7H2,1-3H3,(H,25,26,28). The van der Waals surface area contributed by atoms with Gasteiger partial charge in [-0.05, 0) is 18.9 Å². The topological polar surface area (TPSA) is 71.3 Å². The summed E-state index contributed by atoms with van der Waals surface area (Å²) in [6.07, 6.45) is -2.67.